The fraction of sp³-hybridized carbons (Fsp3) is 0.278. The van der Waals surface area contributed by atoms with E-state index in [0.717, 1.165) is 11.1 Å². The molecular weight excluding hydrogens is 262 g/mol. The van der Waals surface area contributed by atoms with Crippen LogP contribution in [0, 0.1) is 6.92 Å². The molecule has 21 heavy (non-hydrogen) atoms. The SMILES string of the molecule is Cc1ccc(-c2ccc(C(=O)N3CCOCC3)cc2)cc1. The van der Waals surface area contributed by atoms with E-state index in [-0.39, 0.29) is 5.91 Å². The third kappa shape index (κ3) is 3.14. The zero-order valence-electron chi connectivity index (χ0n) is 12.2. The molecule has 0 aliphatic carbocycles. The lowest BCUT2D eigenvalue weighted by atomic mass is 10.0. The van der Waals surface area contributed by atoms with Gasteiger partial charge in [0.15, 0.2) is 0 Å². The number of benzene rings is 2. The number of ether oxygens (including phenoxy) is 1. The lowest BCUT2D eigenvalue weighted by Gasteiger charge is -2.26. The van der Waals surface area contributed by atoms with Gasteiger partial charge in [0.05, 0.1) is 13.2 Å². The van der Waals surface area contributed by atoms with Gasteiger partial charge in [-0.05, 0) is 30.2 Å². The van der Waals surface area contributed by atoms with Gasteiger partial charge in [-0.15, -0.1) is 0 Å². The highest BCUT2D eigenvalue weighted by Crippen LogP contribution is 2.21. The minimum atomic E-state index is 0.0914. The van der Waals surface area contributed by atoms with Crippen molar-refractivity contribution in [1.82, 2.24) is 4.90 Å². The summed E-state index contributed by atoms with van der Waals surface area (Å²) in [6.07, 6.45) is 0. The maximum absolute atomic E-state index is 12.4. The van der Waals surface area contributed by atoms with Crippen molar-refractivity contribution in [2.75, 3.05) is 26.3 Å². The second kappa shape index (κ2) is 6.10. The fourth-order valence-electron chi connectivity index (χ4n) is 2.50. The molecule has 1 aliphatic heterocycles. The highest BCUT2D eigenvalue weighted by atomic mass is 16.5. The van der Waals surface area contributed by atoms with Crippen molar-refractivity contribution < 1.29 is 9.53 Å². The average molecular weight is 281 g/mol. The number of nitrogens with zero attached hydrogens (tertiary/aromatic N) is 1. The van der Waals surface area contributed by atoms with Crippen LogP contribution in [0.3, 0.4) is 0 Å². The van der Waals surface area contributed by atoms with E-state index < -0.39 is 0 Å². The number of hydrogen-bond donors (Lipinski definition) is 0. The van der Waals surface area contributed by atoms with E-state index in [0.29, 0.717) is 26.3 Å². The van der Waals surface area contributed by atoms with Gasteiger partial charge in [0, 0.05) is 18.7 Å². The Hall–Kier alpha value is -2.13. The van der Waals surface area contributed by atoms with Crippen LogP contribution in [0.1, 0.15) is 15.9 Å². The van der Waals surface area contributed by atoms with Gasteiger partial charge in [-0.1, -0.05) is 42.0 Å². The first kappa shape index (κ1) is 13.8. The molecule has 1 fully saturated rings. The summed E-state index contributed by atoms with van der Waals surface area (Å²) in [7, 11) is 0. The summed E-state index contributed by atoms with van der Waals surface area (Å²) in [5, 5.41) is 0. The fourth-order valence-corrected chi connectivity index (χ4v) is 2.50. The molecule has 3 rings (SSSR count). The van der Waals surface area contributed by atoms with Crippen LogP contribution in [0.4, 0.5) is 0 Å². The zero-order chi connectivity index (χ0) is 14.7. The van der Waals surface area contributed by atoms with Crippen LogP contribution < -0.4 is 0 Å². The minimum Gasteiger partial charge on any atom is -0.378 e. The molecule has 108 valence electrons. The lowest BCUT2D eigenvalue weighted by molar-refractivity contribution is 0.0303. The predicted molar refractivity (Wildman–Crippen MR) is 83.3 cm³/mol. The molecule has 0 spiro atoms. The molecule has 0 atom stereocenters. The number of amides is 1. The number of morpholine rings is 1. The third-order valence-corrected chi connectivity index (χ3v) is 3.82. The molecule has 1 saturated heterocycles. The van der Waals surface area contributed by atoms with Crippen molar-refractivity contribution in [2.45, 2.75) is 6.92 Å². The summed E-state index contributed by atoms with van der Waals surface area (Å²) < 4.78 is 5.28. The van der Waals surface area contributed by atoms with E-state index in [1.807, 2.05) is 29.2 Å². The molecule has 1 heterocycles. The van der Waals surface area contributed by atoms with Crippen molar-refractivity contribution in [3.8, 4) is 11.1 Å². The lowest BCUT2D eigenvalue weighted by Crippen LogP contribution is -2.40. The van der Waals surface area contributed by atoms with Gasteiger partial charge in [-0.3, -0.25) is 4.79 Å². The second-order valence-corrected chi connectivity index (χ2v) is 5.35. The van der Waals surface area contributed by atoms with Gasteiger partial charge in [-0.25, -0.2) is 0 Å². The van der Waals surface area contributed by atoms with Crippen LogP contribution in [0.25, 0.3) is 11.1 Å². The molecule has 3 nitrogen and oxygen atoms in total. The van der Waals surface area contributed by atoms with Crippen LogP contribution in [-0.2, 0) is 4.74 Å². The van der Waals surface area contributed by atoms with Gasteiger partial charge in [-0.2, -0.15) is 0 Å². The molecule has 0 radical (unpaired) electrons. The maximum atomic E-state index is 12.4. The smallest absolute Gasteiger partial charge is 0.254 e. The molecule has 2 aromatic carbocycles. The Labute approximate surface area is 125 Å². The van der Waals surface area contributed by atoms with Crippen molar-refractivity contribution in [1.29, 1.82) is 0 Å². The molecule has 0 bridgehead atoms. The summed E-state index contributed by atoms with van der Waals surface area (Å²) in [6, 6.07) is 16.3. The van der Waals surface area contributed by atoms with Gasteiger partial charge < -0.3 is 9.64 Å². The third-order valence-electron chi connectivity index (χ3n) is 3.82. The zero-order valence-corrected chi connectivity index (χ0v) is 12.2. The first-order valence-electron chi connectivity index (χ1n) is 7.28. The Morgan fingerprint density at radius 2 is 1.43 bits per heavy atom. The highest BCUT2D eigenvalue weighted by molar-refractivity contribution is 5.94. The van der Waals surface area contributed by atoms with Crippen LogP contribution >= 0.6 is 0 Å². The van der Waals surface area contributed by atoms with E-state index in [4.69, 9.17) is 4.74 Å². The summed E-state index contributed by atoms with van der Waals surface area (Å²) in [5.41, 5.74) is 4.30. The Balaban J connectivity index is 1.77. The van der Waals surface area contributed by atoms with Crippen molar-refractivity contribution in [3.63, 3.8) is 0 Å². The van der Waals surface area contributed by atoms with Gasteiger partial charge in [0.25, 0.3) is 5.91 Å². The van der Waals surface area contributed by atoms with Crippen molar-refractivity contribution in [2.24, 2.45) is 0 Å². The Kier molecular flexibility index (Phi) is 4.02. The molecular formula is C18H19NO2. The number of carbonyl (C=O) groups excluding carboxylic acids is 1. The molecule has 3 heteroatoms. The van der Waals surface area contributed by atoms with E-state index in [9.17, 15) is 4.79 Å². The summed E-state index contributed by atoms with van der Waals surface area (Å²) in [6.45, 7) is 4.70. The minimum absolute atomic E-state index is 0.0914. The van der Waals surface area contributed by atoms with E-state index in [1.54, 1.807) is 0 Å². The Morgan fingerprint density at radius 1 is 0.905 bits per heavy atom. The van der Waals surface area contributed by atoms with Gasteiger partial charge >= 0.3 is 0 Å². The van der Waals surface area contributed by atoms with E-state index in [2.05, 4.69) is 31.2 Å². The summed E-state index contributed by atoms with van der Waals surface area (Å²) in [5.74, 6) is 0.0914. The highest BCUT2D eigenvalue weighted by Gasteiger charge is 2.18. The number of carbonyl (C=O) groups is 1. The molecule has 0 unspecified atom stereocenters. The molecule has 2 aromatic rings. The predicted octanol–water partition coefficient (Wildman–Crippen LogP) is 3.13. The molecule has 0 saturated carbocycles. The summed E-state index contributed by atoms with van der Waals surface area (Å²) >= 11 is 0. The van der Waals surface area contributed by atoms with Crippen LogP contribution in [0.5, 0.6) is 0 Å². The quantitative estimate of drug-likeness (QED) is 0.846. The topological polar surface area (TPSA) is 29.5 Å². The first-order chi connectivity index (χ1) is 10.2. The molecule has 0 N–H and O–H groups in total. The molecule has 0 aromatic heterocycles. The maximum Gasteiger partial charge on any atom is 0.254 e. The number of hydrogen-bond acceptors (Lipinski definition) is 2. The number of aryl methyl sites for hydroxylation is 1. The van der Waals surface area contributed by atoms with Gasteiger partial charge in [0.1, 0.15) is 0 Å². The van der Waals surface area contributed by atoms with Crippen molar-refractivity contribution >= 4 is 5.91 Å². The second-order valence-electron chi connectivity index (χ2n) is 5.35. The standard InChI is InChI=1S/C18H19NO2/c1-14-2-4-15(5-3-14)16-6-8-17(9-7-16)18(20)19-10-12-21-13-11-19/h2-9H,10-13H2,1H3. The Bertz CT molecular complexity index is 611. The molecule has 1 aliphatic rings. The largest absolute Gasteiger partial charge is 0.378 e. The van der Waals surface area contributed by atoms with E-state index in [1.165, 1.54) is 11.1 Å². The Morgan fingerprint density at radius 3 is 2.00 bits per heavy atom. The van der Waals surface area contributed by atoms with Gasteiger partial charge in [0.2, 0.25) is 0 Å². The molecule has 1 amide bonds. The van der Waals surface area contributed by atoms with Crippen LogP contribution in [0.15, 0.2) is 48.5 Å². The normalized spacial score (nSPS) is 15.0. The first-order valence-corrected chi connectivity index (χ1v) is 7.28. The average Bonchev–Trinajstić information content (AvgIpc) is 2.56. The number of rotatable bonds is 2. The van der Waals surface area contributed by atoms with E-state index >= 15 is 0 Å². The van der Waals surface area contributed by atoms with Crippen molar-refractivity contribution in [3.05, 3.63) is 59.7 Å². The summed E-state index contributed by atoms with van der Waals surface area (Å²) in [4.78, 5) is 14.2. The van der Waals surface area contributed by atoms with Crippen LogP contribution in [-0.4, -0.2) is 37.1 Å². The monoisotopic (exact) mass is 281 g/mol. The van der Waals surface area contributed by atoms with Crippen LogP contribution in [0.2, 0.25) is 0 Å².